The fourth-order valence-electron chi connectivity index (χ4n) is 3.45. The number of rotatable bonds is 6. The summed E-state index contributed by atoms with van der Waals surface area (Å²) in [5, 5.41) is 0.867. The molecule has 0 aliphatic carbocycles. The fraction of sp³-hybridized carbons (Fsp3) is 0.250. The lowest BCUT2D eigenvalue weighted by molar-refractivity contribution is -0.143. The van der Waals surface area contributed by atoms with Crippen LogP contribution in [0.1, 0.15) is 29.9 Å². The van der Waals surface area contributed by atoms with Gasteiger partial charge in [-0.05, 0) is 57.2 Å². The van der Waals surface area contributed by atoms with E-state index < -0.39 is 11.9 Å². The lowest BCUT2D eigenvalue weighted by Crippen LogP contribution is -2.23. The Labute approximate surface area is 189 Å². The molecule has 0 saturated carbocycles. The van der Waals surface area contributed by atoms with Crippen molar-refractivity contribution < 1.29 is 19.1 Å². The number of thiazole rings is 1. The number of amides is 1. The molecule has 4 rings (SSSR count). The number of aryl methyl sites for hydroxylation is 1. The van der Waals surface area contributed by atoms with Crippen LogP contribution >= 0.6 is 11.3 Å². The molecule has 2 heterocycles. The highest BCUT2D eigenvalue weighted by Gasteiger charge is 2.16. The second-order valence-electron chi connectivity index (χ2n) is 7.09. The third-order valence-electron chi connectivity index (χ3n) is 4.83. The molecule has 1 amide bonds. The van der Waals surface area contributed by atoms with Crippen LogP contribution < -0.4 is 9.54 Å². The van der Waals surface area contributed by atoms with Crippen LogP contribution in [0, 0.1) is 6.92 Å². The van der Waals surface area contributed by atoms with Crippen LogP contribution in [0.3, 0.4) is 0 Å². The number of hydrogen-bond donors (Lipinski definition) is 0. The van der Waals surface area contributed by atoms with Crippen molar-refractivity contribution in [1.82, 2.24) is 9.55 Å². The van der Waals surface area contributed by atoms with Crippen molar-refractivity contribution in [3.05, 3.63) is 64.6 Å². The van der Waals surface area contributed by atoms with E-state index in [4.69, 9.17) is 9.47 Å². The Hall–Kier alpha value is -3.52. The van der Waals surface area contributed by atoms with E-state index in [0.29, 0.717) is 22.7 Å². The second kappa shape index (κ2) is 9.32. The zero-order valence-electron chi connectivity index (χ0n) is 18.1. The van der Waals surface area contributed by atoms with Gasteiger partial charge in [0.05, 0.1) is 23.4 Å². The molecule has 0 atom stereocenters. The molecule has 2 aromatic carbocycles. The fourth-order valence-corrected chi connectivity index (χ4v) is 4.49. The number of esters is 1. The van der Waals surface area contributed by atoms with E-state index in [1.54, 1.807) is 23.6 Å². The van der Waals surface area contributed by atoms with Crippen molar-refractivity contribution in [2.45, 2.75) is 27.3 Å². The van der Waals surface area contributed by atoms with E-state index in [1.165, 1.54) is 11.3 Å². The van der Waals surface area contributed by atoms with E-state index in [1.807, 2.05) is 50.2 Å². The number of para-hydroxylation sites is 1. The smallest absolute Gasteiger partial charge is 0.326 e. The standard InChI is InChI=1S/C24H23N3O4S/c1-4-30-19-7-6-8-20-22(19)27(14-21(28)31-5-2)24(32-20)26-23(29)17-11-12-18-16(13-17)10-9-15(3)25-18/h6-13H,4-5,14H2,1-3H3. The SMILES string of the molecule is CCOC(=O)Cn1c(=NC(=O)c2ccc3nc(C)ccc3c2)sc2cccc(OCC)c21. The average Bonchev–Trinajstić information content (AvgIpc) is 3.11. The number of carbonyl (C=O) groups excluding carboxylic acids is 2. The zero-order valence-corrected chi connectivity index (χ0v) is 18.9. The van der Waals surface area contributed by atoms with Crippen LogP contribution in [0.4, 0.5) is 0 Å². The van der Waals surface area contributed by atoms with Crippen molar-refractivity contribution in [1.29, 1.82) is 0 Å². The van der Waals surface area contributed by atoms with Gasteiger partial charge in [0.25, 0.3) is 5.91 Å². The van der Waals surface area contributed by atoms with E-state index in [0.717, 1.165) is 26.8 Å². The van der Waals surface area contributed by atoms with E-state index in [9.17, 15) is 9.59 Å². The van der Waals surface area contributed by atoms with Crippen molar-refractivity contribution in [2.75, 3.05) is 13.2 Å². The minimum absolute atomic E-state index is 0.0645. The lowest BCUT2D eigenvalue weighted by Gasteiger charge is -2.09. The molecule has 0 unspecified atom stereocenters. The molecule has 0 aliphatic heterocycles. The molecule has 0 aliphatic rings. The molecule has 32 heavy (non-hydrogen) atoms. The number of carbonyl (C=O) groups is 2. The Kier molecular flexibility index (Phi) is 6.32. The molecular weight excluding hydrogens is 426 g/mol. The van der Waals surface area contributed by atoms with Gasteiger partial charge >= 0.3 is 5.97 Å². The maximum atomic E-state index is 13.0. The van der Waals surface area contributed by atoms with E-state index in [2.05, 4.69) is 9.98 Å². The Balaban J connectivity index is 1.83. The molecule has 0 N–H and O–H groups in total. The van der Waals surface area contributed by atoms with Crippen molar-refractivity contribution >= 4 is 44.3 Å². The van der Waals surface area contributed by atoms with Crippen LogP contribution in [-0.4, -0.2) is 34.6 Å². The van der Waals surface area contributed by atoms with Gasteiger partial charge in [0.15, 0.2) is 4.80 Å². The Morgan fingerprint density at radius 1 is 1.09 bits per heavy atom. The minimum atomic E-state index is -0.403. The van der Waals surface area contributed by atoms with Crippen LogP contribution in [-0.2, 0) is 16.1 Å². The highest BCUT2D eigenvalue weighted by molar-refractivity contribution is 7.16. The molecule has 0 fully saturated rings. The summed E-state index contributed by atoms with van der Waals surface area (Å²) >= 11 is 1.33. The largest absolute Gasteiger partial charge is 0.492 e. The first-order chi connectivity index (χ1) is 15.5. The molecule has 4 aromatic rings. The third-order valence-corrected chi connectivity index (χ3v) is 5.87. The maximum Gasteiger partial charge on any atom is 0.326 e. The number of aromatic nitrogens is 2. The van der Waals surface area contributed by atoms with Gasteiger partial charge < -0.3 is 14.0 Å². The summed E-state index contributed by atoms with van der Waals surface area (Å²) in [5.41, 5.74) is 2.91. The molecule has 2 aromatic heterocycles. The van der Waals surface area contributed by atoms with Crippen molar-refractivity contribution in [2.24, 2.45) is 4.99 Å². The van der Waals surface area contributed by atoms with E-state index in [-0.39, 0.29) is 13.2 Å². The highest BCUT2D eigenvalue weighted by Crippen LogP contribution is 2.28. The number of nitrogens with zero attached hydrogens (tertiary/aromatic N) is 3. The maximum absolute atomic E-state index is 13.0. The summed E-state index contributed by atoms with van der Waals surface area (Å²) in [7, 11) is 0. The molecule has 7 nitrogen and oxygen atoms in total. The van der Waals surface area contributed by atoms with Gasteiger partial charge in [0, 0.05) is 16.6 Å². The first kappa shape index (κ1) is 21.7. The van der Waals surface area contributed by atoms with Crippen molar-refractivity contribution in [3.8, 4) is 5.75 Å². The molecule has 8 heteroatoms. The van der Waals surface area contributed by atoms with Gasteiger partial charge in [-0.25, -0.2) is 0 Å². The summed E-state index contributed by atoms with van der Waals surface area (Å²) in [5.74, 6) is -0.166. The predicted octanol–water partition coefficient (Wildman–Crippen LogP) is 4.26. The summed E-state index contributed by atoms with van der Waals surface area (Å²) < 4.78 is 13.5. The number of hydrogen-bond acceptors (Lipinski definition) is 6. The second-order valence-corrected chi connectivity index (χ2v) is 8.10. The average molecular weight is 450 g/mol. The molecule has 0 saturated heterocycles. The number of pyridine rings is 1. The molecule has 0 spiro atoms. The van der Waals surface area contributed by atoms with E-state index >= 15 is 0 Å². The Bertz CT molecular complexity index is 1390. The minimum Gasteiger partial charge on any atom is -0.492 e. The third kappa shape index (κ3) is 4.40. The monoisotopic (exact) mass is 449 g/mol. The number of benzene rings is 2. The molecule has 0 bridgehead atoms. The Morgan fingerprint density at radius 3 is 2.72 bits per heavy atom. The topological polar surface area (TPSA) is 82.8 Å². The van der Waals surface area contributed by atoms with Gasteiger partial charge in [-0.3, -0.25) is 14.6 Å². The van der Waals surface area contributed by atoms with Gasteiger partial charge in [0.2, 0.25) is 0 Å². The van der Waals surface area contributed by atoms with Gasteiger partial charge in [-0.1, -0.05) is 23.5 Å². The summed E-state index contributed by atoms with van der Waals surface area (Å²) in [6.45, 7) is 6.26. The van der Waals surface area contributed by atoms with Gasteiger partial charge in [-0.2, -0.15) is 4.99 Å². The predicted molar refractivity (Wildman–Crippen MR) is 124 cm³/mol. The first-order valence-corrected chi connectivity index (χ1v) is 11.2. The molecule has 0 radical (unpaired) electrons. The summed E-state index contributed by atoms with van der Waals surface area (Å²) in [6.07, 6.45) is 0. The zero-order chi connectivity index (χ0) is 22.7. The normalized spacial score (nSPS) is 11.8. The van der Waals surface area contributed by atoms with Gasteiger partial charge in [0.1, 0.15) is 17.8 Å². The number of ether oxygens (including phenoxy) is 2. The quantitative estimate of drug-likeness (QED) is 0.411. The van der Waals surface area contributed by atoms with Crippen LogP contribution in [0.5, 0.6) is 5.75 Å². The van der Waals surface area contributed by atoms with Crippen molar-refractivity contribution in [3.63, 3.8) is 0 Å². The summed E-state index contributed by atoms with van der Waals surface area (Å²) in [6, 6.07) is 14.8. The molecular formula is C24H23N3O4S. The number of fused-ring (bicyclic) bond motifs is 2. The first-order valence-electron chi connectivity index (χ1n) is 10.4. The lowest BCUT2D eigenvalue weighted by atomic mass is 10.1. The highest BCUT2D eigenvalue weighted by atomic mass is 32.1. The van der Waals surface area contributed by atoms with Crippen LogP contribution in [0.15, 0.2) is 53.5 Å². The van der Waals surface area contributed by atoms with Crippen LogP contribution in [0.2, 0.25) is 0 Å². The molecule has 164 valence electrons. The Morgan fingerprint density at radius 2 is 1.94 bits per heavy atom. The van der Waals surface area contributed by atoms with Crippen LogP contribution in [0.25, 0.3) is 21.1 Å². The van der Waals surface area contributed by atoms with Gasteiger partial charge in [-0.15, -0.1) is 0 Å². The summed E-state index contributed by atoms with van der Waals surface area (Å²) in [4.78, 5) is 34.6.